The predicted molar refractivity (Wildman–Crippen MR) is 98.6 cm³/mol. The molecule has 0 aliphatic carbocycles. The van der Waals surface area contributed by atoms with Gasteiger partial charge in [-0.25, -0.2) is 4.52 Å². The highest BCUT2D eigenvalue weighted by Gasteiger charge is 2.13. The molecule has 25 heavy (non-hydrogen) atoms. The molecule has 1 fully saturated rings. The molecule has 1 saturated heterocycles. The molecule has 5 nitrogen and oxygen atoms in total. The summed E-state index contributed by atoms with van der Waals surface area (Å²) in [6.45, 7) is 3.93. The van der Waals surface area contributed by atoms with Gasteiger partial charge in [0.1, 0.15) is 0 Å². The average molecular weight is 334 g/mol. The lowest BCUT2D eigenvalue weighted by Gasteiger charge is -2.14. The van der Waals surface area contributed by atoms with Crippen LogP contribution in [-0.2, 0) is 0 Å². The molecule has 0 radical (unpaired) electrons. The Kier molecular flexibility index (Phi) is 4.48. The third kappa shape index (κ3) is 3.42. The first-order valence-electron chi connectivity index (χ1n) is 8.85. The van der Waals surface area contributed by atoms with Crippen molar-refractivity contribution < 1.29 is 4.79 Å². The number of hydrogen-bond acceptors (Lipinski definition) is 3. The molecule has 0 unspecified atom stereocenters. The number of nitrogens with zero attached hydrogens (tertiary/aromatic N) is 3. The first kappa shape index (κ1) is 15.8. The van der Waals surface area contributed by atoms with E-state index in [1.165, 1.54) is 12.8 Å². The standard InChI is InChI=1S/C20H22N4O/c25-20(21-9-13-23-10-3-4-11-23)17-7-5-6-16(14-17)18-15-22-24-12-2-1-8-19(18)24/h1-2,5-8,12,14-15H,3-4,9-11,13H2,(H,21,25). The minimum Gasteiger partial charge on any atom is -0.351 e. The first-order valence-corrected chi connectivity index (χ1v) is 8.85. The summed E-state index contributed by atoms with van der Waals surface area (Å²) in [6.07, 6.45) is 6.32. The largest absolute Gasteiger partial charge is 0.351 e. The van der Waals surface area contributed by atoms with Crippen LogP contribution >= 0.6 is 0 Å². The SMILES string of the molecule is O=C(NCCN1CCCC1)c1cccc(-c2cnn3ccccc23)c1. The van der Waals surface area contributed by atoms with Crippen LogP contribution in [0, 0.1) is 0 Å². The van der Waals surface area contributed by atoms with Crippen molar-refractivity contribution >= 4 is 11.4 Å². The molecule has 4 rings (SSSR count). The third-order valence-electron chi connectivity index (χ3n) is 4.77. The summed E-state index contributed by atoms with van der Waals surface area (Å²) in [6, 6.07) is 13.7. The molecule has 1 aliphatic rings. The van der Waals surface area contributed by atoms with Crippen LogP contribution in [0.5, 0.6) is 0 Å². The lowest BCUT2D eigenvalue weighted by atomic mass is 10.0. The fourth-order valence-electron chi connectivity index (χ4n) is 3.42. The van der Waals surface area contributed by atoms with Crippen molar-refractivity contribution in [2.45, 2.75) is 12.8 Å². The van der Waals surface area contributed by atoms with Gasteiger partial charge in [-0.1, -0.05) is 18.2 Å². The molecule has 0 spiro atoms. The molecule has 128 valence electrons. The normalized spacial score (nSPS) is 14.9. The highest BCUT2D eigenvalue weighted by atomic mass is 16.1. The molecule has 0 atom stereocenters. The Bertz CT molecular complexity index is 880. The first-order chi connectivity index (χ1) is 12.3. The number of hydrogen-bond donors (Lipinski definition) is 1. The maximum atomic E-state index is 12.5. The highest BCUT2D eigenvalue weighted by molar-refractivity contribution is 5.96. The zero-order valence-corrected chi connectivity index (χ0v) is 14.2. The van der Waals surface area contributed by atoms with Gasteiger partial charge >= 0.3 is 0 Å². The van der Waals surface area contributed by atoms with Gasteiger partial charge in [-0.05, 0) is 55.8 Å². The smallest absolute Gasteiger partial charge is 0.251 e. The van der Waals surface area contributed by atoms with Crippen molar-refractivity contribution in [2.75, 3.05) is 26.2 Å². The number of rotatable bonds is 5. The van der Waals surface area contributed by atoms with E-state index < -0.39 is 0 Å². The fourth-order valence-corrected chi connectivity index (χ4v) is 3.42. The second-order valence-corrected chi connectivity index (χ2v) is 6.47. The number of fused-ring (bicyclic) bond motifs is 1. The van der Waals surface area contributed by atoms with Crippen molar-refractivity contribution in [1.29, 1.82) is 0 Å². The summed E-state index contributed by atoms with van der Waals surface area (Å²) in [7, 11) is 0. The van der Waals surface area contributed by atoms with Crippen LogP contribution in [0.4, 0.5) is 0 Å². The molecule has 1 N–H and O–H groups in total. The van der Waals surface area contributed by atoms with Crippen molar-refractivity contribution in [3.8, 4) is 11.1 Å². The summed E-state index contributed by atoms with van der Waals surface area (Å²) >= 11 is 0. The number of carbonyl (C=O) groups excluding carboxylic acids is 1. The monoisotopic (exact) mass is 334 g/mol. The van der Waals surface area contributed by atoms with Crippen molar-refractivity contribution in [3.05, 3.63) is 60.4 Å². The van der Waals surface area contributed by atoms with E-state index in [0.29, 0.717) is 12.1 Å². The quantitative estimate of drug-likeness (QED) is 0.780. The highest BCUT2D eigenvalue weighted by Crippen LogP contribution is 2.25. The van der Waals surface area contributed by atoms with Crippen molar-refractivity contribution in [2.24, 2.45) is 0 Å². The maximum Gasteiger partial charge on any atom is 0.251 e. The van der Waals surface area contributed by atoms with E-state index in [1.54, 1.807) is 0 Å². The Balaban J connectivity index is 1.48. The second kappa shape index (κ2) is 7.07. The van der Waals surface area contributed by atoms with Crippen LogP contribution in [0.25, 0.3) is 16.6 Å². The number of amides is 1. The van der Waals surface area contributed by atoms with Crippen LogP contribution in [0.15, 0.2) is 54.9 Å². The number of carbonyl (C=O) groups is 1. The Hall–Kier alpha value is -2.66. The molecule has 0 bridgehead atoms. The van der Waals surface area contributed by atoms with Gasteiger partial charge in [0.15, 0.2) is 0 Å². The second-order valence-electron chi connectivity index (χ2n) is 6.47. The summed E-state index contributed by atoms with van der Waals surface area (Å²) in [5.74, 6) is -0.0162. The summed E-state index contributed by atoms with van der Waals surface area (Å²) < 4.78 is 1.85. The minimum atomic E-state index is -0.0162. The van der Waals surface area contributed by atoms with Crippen LogP contribution in [0.2, 0.25) is 0 Å². The van der Waals surface area contributed by atoms with Gasteiger partial charge in [-0.2, -0.15) is 5.10 Å². The van der Waals surface area contributed by atoms with E-state index in [9.17, 15) is 4.79 Å². The molecule has 5 heteroatoms. The van der Waals surface area contributed by atoms with E-state index in [-0.39, 0.29) is 5.91 Å². The molecule has 2 aromatic heterocycles. The molecule has 0 saturated carbocycles. The maximum absolute atomic E-state index is 12.5. The lowest BCUT2D eigenvalue weighted by molar-refractivity contribution is 0.0950. The Morgan fingerprint density at radius 1 is 1.12 bits per heavy atom. The Labute approximate surface area is 147 Å². The van der Waals surface area contributed by atoms with Gasteiger partial charge in [-0.3, -0.25) is 4.79 Å². The van der Waals surface area contributed by atoms with E-state index in [1.807, 2.05) is 59.4 Å². The van der Waals surface area contributed by atoms with Crippen molar-refractivity contribution in [1.82, 2.24) is 19.8 Å². The number of likely N-dealkylation sites (tertiary alicyclic amines) is 1. The summed E-state index contributed by atoms with van der Waals surface area (Å²) in [5, 5.41) is 7.41. The van der Waals surface area contributed by atoms with E-state index in [2.05, 4.69) is 15.3 Å². The molecule has 1 aromatic carbocycles. The Morgan fingerprint density at radius 2 is 2.00 bits per heavy atom. The number of nitrogens with one attached hydrogen (secondary N) is 1. The molecule has 1 aliphatic heterocycles. The minimum absolute atomic E-state index is 0.0162. The topological polar surface area (TPSA) is 49.6 Å². The van der Waals surface area contributed by atoms with Gasteiger partial charge in [0.25, 0.3) is 5.91 Å². The average Bonchev–Trinajstić information content (AvgIpc) is 3.31. The third-order valence-corrected chi connectivity index (χ3v) is 4.77. The van der Waals surface area contributed by atoms with Crippen molar-refractivity contribution in [3.63, 3.8) is 0 Å². The number of aromatic nitrogens is 2. The van der Waals surface area contributed by atoms with E-state index in [4.69, 9.17) is 0 Å². The summed E-state index contributed by atoms with van der Waals surface area (Å²) in [5.41, 5.74) is 3.77. The molecular weight excluding hydrogens is 312 g/mol. The fraction of sp³-hybridized carbons (Fsp3) is 0.300. The molecular formula is C20H22N4O. The van der Waals surface area contributed by atoms with Gasteiger partial charge in [0.05, 0.1) is 11.7 Å². The van der Waals surface area contributed by atoms with Gasteiger partial charge in [-0.15, -0.1) is 0 Å². The molecule has 3 heterocycles. The van der Waals surface area contributed by atoms with E-state index >= 15 is 0 Å². The zero-order valence-electron chi connectivity index (χ0n) is 14.2. The van der Waals surface area contributed by atoms with Gasteiger partial charge in [0.2, 0.25) is 0 Å². The van der Waals surface area contributed by atoms with Gasteiger partial charge in [0, 0.05) is 30.4 Å². The van der Waals surface area contributed by atoms with E-state index in [0.717, 1.165) is 36.3 Å². The number of pyridine rings is 1. The molecule has 1 amide bonds. The van der Waals surface area contributed by atoms with Crippen LogP contribution < -0.4 is 5.32 Å². The lowest BCUT2D eigenvalue weighted by Crippen LogP contribution is -2.33. The molecule has 3 aromatic rings. The number of benzene rings is 1. The predicted octanol–water partition coefficient (Wildman–Crippen LogP) is 2.83. The van der Waals surface area contributed by atoms with Crippen LogP contribution in [0.1, 0.15) is 23.2 Å². The Morgan fingerprint density at radius 3 is 2.88 bits per heavy atom. The van der Waals surface area contributed by atoms with Gasteiger partial charge < -0.3 is 10.2 Å². The summed E-state index contributed by atoms with van der Waals surface area (Å²) in [4.78, 5) is 14.9. The zero-order chi connectivity index (χ0) is 17.1. The van der Waals surface area contributed by atoms with Crippen LogP contribution in [0.3, 0.4) is 0 Å². The van der Waals surface area contributed by atoms with Crippen LogP contribution in [-0.4, -0.2) is 46.6 Å².